The molecule has 0 fully saturated rings. The third kappa shape index (κ3) is 3.04. The number of fused-ring (bicyclic) bond motifs is 1. The van der Waals surface area contributed by atoms with Crippen LogP contribution in [0.4, 0.5) is 0 Å². The zero-order valence-electron chi connectivity index (χ0n) is 11.7. The maximum absolute atomic E-state index is 11.3. The minimum absolute atomic E-state index is 0.132. The second-order valence-electron chi connectivity index (χ2n) is 4.90. The number of aromatic carboxylic acids is 1. The zero-order chi connectivity index (χ0) is 14.5. The van der Waals surface area contributed by atoms with E-state index in [2.05, 4.69) is 24.0 Å². The number of carbonyl (C=O) groups is 1. The van der Waals surface area contributed by atoms with Crippen molar-refractivity contribution in [2.45, 2.75) is 26.7 Å². The van der Waals surface area contributed by atoms with Gasteiger partial charge in [0.2, 0.25) is 5.69 Å². The topological polar surface area (TPSA) is 72.3 Å². The molecule has 0 saturated heterocycles. The van der Waals surface area contributed by atoms with Crippen molar-refractivity contribution in [1.29, 1.82) is 0 Å². The Bertz CT molecular complexity index is 613. The van der Waals surface area contributed by atoms with Gasteiger partial charge in [-0.1, -0.05) is 32.4 Å². The van der Waals surface area contributed by atoms with Crippen LogP contribution in [0.15, 0.2) is 24.3 Å². The normalized spacial score (nSPS) is 12.3. The largest absolute Gasteiger partial charge is 0.490 e. The van der Waals surface area contributed by atoms with Gasteiger partial charge in [-0.05, 0) is 24.5 Å². The lowest BCUT2D eigenvalue weighted by atomic mass is 10.1. The zero-order valence-corrected chi connectivity index (χ0v) is 11.7. The maximum atomic E-state index is 11.3. The minimum Gasteiger partial charge on any atom is -0.490 e. The molecular weight excluding hydrogens is 256 g/mol. The summed E-state index contributed by atoms with van der Waals surface area (Å²) in [6.45, 7) is 4.67. The Hall–Kier alpha value is -2.17. The van der Waals surface area contributed by atoms with Crippen molar-refractivity contribution in [2.75, 3.05) is 6.61 Å². The van der Waals surface area contributed by atoms with E-state index in [9.17, 15) is 9.90 Å². The lowest BCUT2D eigenvalue weighted by Gasteiger charge is -2.14. The first-order valence-corrected chi connectivity index (χ1v) is 6.75. The summed E-state index contributed by atoms with van der Waals surface area (Å²) in [6.07, 6.45) is 2.12. The minimum atomic E-state index is -1.12. The summed E-state index contributed by atoms with van der Waals surface area (Å²) in [5, 5.41) is 17.6. The molecule has 1 atom stereocenters. The highest BCUT2D eigenvalue weighted by atomic mass is 16.5. The first kappa shape index (κ1) is 14.2. The van der Waals surface area contributed by atoms with Crippen LogP contribution < -0.4 is 4.74 Å². The molecule has 0 bridgehead atoms. The van der Waals surface area contributed by atoms with Gasteiger partial charge in [-0.2, -0.15) is 0 Å². The van der Waals surface area contributed by atoms with E-state index in [1.54, 1.807) is 12.1 Å². The van der Waals surface area contributed by atoms with Crippen LogP contribution >= 0.6 is 0 Å². The highest BCUT2D eigenvalue weighted by molar-refractivity contribution is 5.96. The number of rotatable bonds is 6. The van der Waals surface area contributed by atoms with Gasteiger partial charge in [-0.3, -0.25) is 0 Å². The predicted molar refractivity (Wildman–Crippen MR) is 76.1 cm³/mol. The summed E-state index contributed by atoms with van der Waals surface area (Å²) < 4.78 is 5.74. The van der Waals surface area contributed by atoms with Crippen molar-refractivity contribution < 1.29 is 14.6 Å². The van der Waals surface area contributed by atoms with Crippen molar-refractivity contribution in [1.82, 2.24) is 10.2 Å². The molecule has 106 valence electrons. The fraction of sp³-hybridized carbons (Fsp3) is 0.400. The van der Waals surface area contributed by atoms with Gasteiger partial charge in [0.05, 0.1) is 12.1 Å². The molecular formula is C15H18N2O3. The molecule has 0 aliphatic heterocycles. The second kappa shape index (κ2) is 6.32. The molecule has 0 aliphatic carbocycles. The van der Waals surface area contributed by atoms with Crippen LogP contribution in [0.5, 0.6) is 5.75 Å². The fourth-order valence-electron chi connectivity index (χ4n) is 2.12. The quantitative estimate of drug-likeness (QED) is 0.876. The maximum Gasteiger partial charge on any atom is 0.360 e. The van der Waals surface area contributed by atoms with E-state index < -0.39 is 5.97 Å². The number of hydrogen-bond donors (Lipinski definition) is 1. The highest BCUT2D eigenvalue weighted by Crippen LogP contribution is 2.27. The van der Waals surface area contributed by atoms with Crippen molar-refractivity contribution >= 4 is 16.9 Å². The molecule has 1 aromatic carbocycles. The highest BCUT2D eigenvalue weighted by Gasteiger charge is 2.18. The Morgan fingerprint density at radius 2 is 2.10 bits per heavy atom. The van der Waals surface area contributed by atoms with Crippen molar-refractivity contribution in [3.63, 3.8) is 0 Å². The molecule has 5 nitrogen and oxygen atoms in total. The standard InChI is InChI=1S/C15H18N2O3/c1-3-6-10(2)9-20-14-11-7-4-5-8-12(11)16-17-13(14)15(18)19/h4-5,7-8,10H,3,6,9H2,1-2H3,(H,18,19). The third-order valence-corrected chi connectivity index (χ3v) is 3.12. The lowest BCUT2D eigenvalue weighted by Crippen LogP contribution is -2.13. The van der Waals surface area contributed by atoms with E-state index in [0.717, 1.165) is 12.8 Å². The molecule has 0 aliphatic rings. The van der Waals surface area contributed by atoms with Gasteiger partial charge < -0.3 is 9.84 Å². The van der Waals surface area contributed by atoms with E-state index in [1.165, 1.54) is 0 Å². The van der Waals surface area contributed by atoms with Gasteiger partial charge in [0.1, 0.15) is 0 Å². The van der Waals surface area contributed by atoms with Gasteiger partial charge in [0.15, 0.2) is 5.75 Å². The monoisotopic (exact) mass is 274 g/mol. The third-order valence-electron chi connectivity index (χ3n) is 3.12. The Balaban J connectivity index is 2.37. The van der Waals surface area contributed by atoms with Gasteiger partial charge >= 0.3 is 5.97 Å². The number of aromatic nitrogens is 2. The van der Waals surface area contributed by atoms with Crippen molar-refractivity contribution in [3.8, 4) is 5.75 Å². The molecule has 0 spiro atoms. The molecule has 0 amide bonds. The van der Waals surface area contributed by atoms with Crippen LogP contribution in [0.25, 0.3) is 10.9 Å². The summed E-state index contributed by atoms with van der Waals surface area (Å²) in [5.74, 6) is -0.443. The van der Waals surface area contributed by atoms with Crippen LogP contribution in [0, 0.1) is 5.92 Å². The molecule has 20 heavy (non-hydrogen) atoms. The lowest BCUT2D eigenvalue weighted by molar-refractivity contribution is 0.0683. The number of hydrogen-bond acceptors (Lipinski definition) is 4. The van der Waals surface area contributed by atoms with Gasteiger partial charge in [0.25, 0.3) is 0 Å². The summed E-state index contributed by atoms with van der Waals surface area (Å²) in [4.78, 5) is 11.3. The van der Waals surface area contributed by atoms with Gasteiger partial charge in [-0.15, -0.1) is 10.2 Å². The van der Waals surface area contributed by atoms with Crippen LogP contribution in [-0.4, -0.2) is 27.9 Å². The fourth-order valence-corrected chi connectivity index (χ4v) is 2.12. The first-order chi connectivity index (χ1) is 9.63. The molecule has 2 rings (SSSR count). The SMILES string of the molecule is CCCC(C)COc1c(C(=O)O)nnc2ccccc12. The predicted octanol–water partition coefficient (Wildman–Crippen LogP) is 3.14. The second-order valence-corrected chi connectivity index (χ2v) is 4.90. The molecule has 5 heteroatoms. The number of nitrogens with zero attached hydrogens (tertiary/aromatic N) is 2. The molecule has 2 aromatic rings. The smallest absolute Gasteiger partial charge is 0.360 e. The van der Waals surface area contributed by atoms with Gasteiger partial charge in [0, 0.05) is 5.39 Å². The van der Waals surface area contributed by atoms with E-state index in [-0.39, 0.29) is 5.69 Å². The average Bonchev–Trinajstić information content (AvgIpc) is 2.44. The molecule has 0 radical (unpaired) electrons. The van der Waals surface area contributed by atoms with Crippen molar-refractivity contribution in [3.05, 3.63) is 30.0 Å². The summed E-state index contributed by atoms with van der Waals surface area (Å²) in [7, 11) is 0. The van der Waals surface area contributed by atoms with E-state index in [0.29, 0.717) is 29.2 Å². The Labute approximate surface area is 117 Å². The van der Waals surface area contributed by atoms with Crippen LogP contribution in [0.1, 0.15) is 37.2 Å². The summed E-state index contributed by atoms with van der Waals surface area (Å²) in [5.41, 5.74) is 0.503. The number of carboxylic acid groups (broad SMARTS) is 1. The van der Waals surface area contributed by atoms with Crippen molar-refractivity contribution in [2.24, 2.45) is 5.92 Å². The Morgan fingerprint density at radius 3 is 2.80 bits per heavy atom. The van der Waals surface area contributed by atoms with Crippen LogP contribution in [-0.2, 0) is 0 Å². The number of carboxylic acids is 1. The molecule has 1 N–H and O–H groups in total. The van der Waals surface area contributed by atoms with E-state index in [4.69, 9.17) is 4.74 Å². The first-order valence-electron chi connectivity index (χ1n) is 6.75. The Morgan fingerprint density at radius 1 is 1.35 bits per heavy atom. The van der Waals surface area contributed by atoms with Crippen LogP contribution in [0.2, 0.25) is 0 Å². The molecule has 0 saturated carbocycles. The van der Waals surface area contributed by atoms with E-state index >= 15 is 0 Å². The Kier molecular flexibility index (Phi) is 4.50. The molecule has 1 unspecified atom stereocenters. The molecule has 1 aromatic heterocycles. The number of benzene rings is 1. The van der Waals surface area contributed by atoms with Crippen LogP contribution in [0.3, 0.4) is 0 Å². The summed E-state index contributed by atoms with van der Waals surface area (Å²) >= 11 is 0. The summed E-state index contributed by atoms with van der Waals surface area (Å²) in [6, 6.07) is 7.26. The number of ether oxygens (including phenoxy) is 1. The van der Waals surface area contributed by atoms with E-state index in [1.807, 2.05) is 12.1 Å². The van der Waals surface area contributed by atoms with Gasteiger partial charge in [-0.25, -0.2) is 4.79 Å². The average molecular weight is 274 g/mol. The molecule has 1 heterocycles.